The lowest BCUT2D eigenvalue weighted by atomic mass is 10.1. The van der Waals surface area contributed by atoms with Crippen LogP contribution in [0.25, 0.3) is 22.1 Å². The first-order valence-electron chi connectivity index (χ1n) is 5.72. The van der Waals surface area contributed by atoms with Gasteiger partial charge in [0.05, 0.1) is 10.9 Å². The van der Waals surface area contributed by atoms with Crippen molar-refractivity contribution in [3.05, 3.63) is 64.8 Å². The Morgan fingerprint density at radius 1 is 1.05 bits per heavy atom. The van der Waals surface area contributed by atoms with Crippen LogP contribution in [0, 0.1) is 5.82 Å². The lowest BCUT2D eigenvalue weighted by Gasteiger charge is -2.03. The Morgan fingerprint density at radius 3 is 2.53 bits per heavy atom. The van der Waals surface area contributed by atoms with E-state index >= 15 is 0 Å². The standard InChI is InChI=1S/C15H10FNO2/c16-10-3-6-14-12(7-10)15(18)13(8-19-14)9-1-4-11(17)5-2-9/h1-8H,17H2. The molecule has 0 fully saturated rings. The molecule has 1 heterocycles. The number of nitrogen functional groups attached to an aromatic ring is 1. The molecule has 2 N–H and O–H groups in total. The molecule has 19 heavy (non-hydrogen) atoms. The summed E-state index contributed by atoms with van der Waals surface area (Å²) in [4.78, 5) is 12.3. The van der Waals surface area contributed by atoms with Gasteiger partial charge in [-0.2, -0.15) is 0 Å². The van der Waals surface area contributed by atoms with Crippen LogP contribution in [0.4, 0.5) is 10.1 Å². The predicted octanol–water partition coefficient (Wildman–Crippen LogP) is 3.18. The summed E-state index contributed by atoms with van der Waals surface area (Å²) in [5.41, 5.74) is 7.40. The van der Waals surface area contributed by atoms with Gasteiger partial charge in [-0.05, 0) is 35.9 Å². The van der Waals surface area contributed by atoms with Gasteiger partial charge in [-0.1, -0.05) is 12.1 Å². The number of rotatable bonds is 1. The number of fused-ring (bicyclic) bond motifs is 1. The maximum atomic E-state index is 13.2. The van der Waals surface area contributed by atoms with Gasteiger partial charge in [0.2, 0.25) is 5.43 Å². The predicted molar refractivity (Wildman–Crippen MR) is 72.3 cm³/mol. The molecule has 0 saturated carbocycles. The smallest absolute Gasteiger partial charge is 0.200 e. The second kappa shape index (κ2) is 4.24. The lowest BCUT2D eigenvalue weighted by molar-refractivity contribution is 0.598. The molecule has 4 heteroatoms. The third kappa shape index (κ3) is 1.97. The molecule has 2 aromatic carbocycles. The van der Waals surface area contributed by atoms with Crippen LogP contribution in [0.2, 0.25) is 0 Å². The molecule has 0 amide bonds. The van der Waals surface area contributed by atoms with Crippen LogP contribution in [0.3, 0.4) is 0 Å². The Labute approximate surface area is 108 Å². The van der Waals surface area contributed by atoms with Crippen LogP contribution < -0.4 is 11.2 Å². The Kier molecular flexibility index (Phi) is 2.56. The lowest BCUT2D eigenvalue weighted by Crippen LogP contribution is -2.05. The first-order chi connectivity index (χ1) is 9.15. The van der Waals surface area contributed by atoms with Crippen molar-refractivity contribution in [1.29, 1.82) is 0 Å². The van der Waals surface area contributed by atoms with E-state index in [0.717, 1.165) is 0 Å². The van der Waals surface area contributed by atoms with Gasteiger partial charge in [-0.3, -0.25) is 4.79 Å². The first-order valence-corrected chi connectivity index (χ1v) is 5.72. The molecule has 3 aromatic rings. The van der Waals surface area contributed by atoms with Crippen LogP contribution in [0.5, 0.6) is 0 Å². The Hall–Kier alpha value is -2.62. The fourth-order valence-electron chi connectivity index (χ4n) is 1.97. The van der Waals surface area contributed by atoms with E-state index < -0.39 is 5.82 Å². The summed E-state index contributed by atoms with van der Waals surface area (Å²) in [6.45, 7) is 0. The molecule has 0 aliphatic carbocycles. The maximum Gasteiger partial charge on any atom is 0.200 e. The Bertz CT molecular complexity index is 806. The minimum atomic E-state index is -0.464. The zero-order valence-electron chi connectivity index (χ0n) is 9.89. The maximum absolute atomic E-state index is 13.2. The quantitative estimate of drug-likeness (QED) is 0.679. The monoisotopic (exact) mass is 255 g/mol. The first kappa shape index (κ1) is 11.5. The van der Waals surface area contributed by atoms with Gasteiger partial charge in [0.1, 0.15) is 17.7 Å². The van der Waals surface area contributed by atoms with Gasteiger partial charge in [-0.25, -0.2) is 4.39 Å². The largest absolute Gasteiger partial charge is 0.463 e. The normalized spacial score (nSPS) is 10.8. The summed E-state index contributed by atoms with van der Waals surface area (Å²) in [5, 5.41) is 0.231. The summed E-state index contributed by atoms with van der Waals surface area (Å²) in [7, 11) is 0. The van der Waals surface area contributed by atoms with Crippen molar-refractivity contribution in [2.24, 2.45) is 0 Å². The van der Waals surface area contributed by atoms with E-state index in [4.69, 9.17) is 10.2 Å². The third-order valence-electron chi connectivity index (χ3n) is 2.96. The van der Waals surface area contributed by atoms with Gasteiger partial charge in [-0.15, -0.1) is 0 Å². The summed E-state index contributed by atoms with van der Waals surface area (Å²) < 4.78 is 18.6. The van der Waals surface area contributed by atoms with Crippen LogP contribution in [0.1, 0.15) is 0 Å². The van der Waals surface area contributed by atoms with Crippen molar-refractivity contribution in [2.75, 3.05) is 5.73 Å². The van der Waals surface area contributed by atoms with Crippen molar-refractivity contribution < 1.29 is 8.81 Å². The van der Waals surface area contributed by atoms with E-state index in [1.165, 1.54) is 24.5 Å². The van der Waals surface area contributed by atoms with E-state index in [1.54, 1.807) is 24.3 Å². The summed E-state index contributed by atoms with van der Waals surface area (Å²) >= 11 is 0. The Morgan fingerprint density at radius 2 is 1.79 bits per heavy atom. The highest BCUT2D eigenvalue weighted by Crippen LogP contribution is 2.21. The topological polar surface area (TPSA) is 56.2 Å². The molecular formula is C15H10FNO2. The minimum Gasteiger partial charge on any atom is -0.463 e. The zero-order chi connectivity index (χ0) is 13.4. The molecule has 0 saturated heterocycles. The number of halogens is 1. The number of benzene rings is 2. The molecule has 0 radical (unpaired) electrons. The highest BCUT2D eigenvalue weighted by molar-refractivity contribution is 5.81. The van der Waals surface area contributed by atoms with Crippen molar-refractivity contribution in [3.8, 4) is 11.1 Å². The van der Waals surface area contributed by atoms with Gasteiger partial charge >= 0.3 is 0 Å². The third-order valence-corrected chi connectivity index (χ3v) is 2.96. The van der Waals surface area contributed by atoms with E-state index in [-0.39, 0.29) is 10.8 Å². The molecule has 1 aromatic heterocycles. The van der Waals surface area contributed by atoms with Crippen LogP contribution >= 0.6 is 0 Å². The second-order valence-corrected chi connectivity index (χ2v) is 4.24. The summed E-state index contributed by atoms with van der Waals surface area (Å²) in [5.74, 6) is -0.464. The fourth-order valence-corrected chi connectivity index (χ4v) is 1.97. The average molecular weight is 255 g/mol. The van der Waals surface area contributed by atoms with Crippen molar-refractivity contribution in [1.82, 2.24) is 0 Å². The minimum absolute atomic E-state index is 0.231. The average Bonchev–Trinajstić information content (AvgIpc) is 2.41. The van der Waals surface area contributed by atoms with Crippen molar-refractivity contribution >= 4 is 16.7 Å². The molecule has 0 bridgehead atoms. The molecule has 0 atom stereocenters. The van der Waals surface area contributed by atoms with Crippen molar-refractivity contribution in [3.63, 3.8) is 0 Å². The molecular weight excluding hydrogens is 245 g/mol. The molecule has 3 nitrogen and oxygen atoms in total. The van der Waals surface area contributed by atoms with Gasteiger partial charge in [0.25, 0.3) is 0 Å². The number of hydrogen-bond acceptors (Lipinski definition) is 3. The molecule has 0 unspecified atom stereocenters. The molecule has 0 aliphatic rings. The molecule has 94 valence electrons. The van der Waals surface area contributed by atoms with Gasteiger partial charge in [0.15, 0.2) is 0 Å². The van der Waals surface area contributed by atoms with Crippen LogP contribution in [0.15, 0.2) is 57.9 Å². The molecule has 0 spiro atoms. The van der Waals surface area contributed by atoms with E-state index in [1.807, 2.05) is 0 Å². The second-order valence-electron chi connectivity index (χ2n) is 4.24. The zero-order valence-corrected chi connectivity index (χ0v) is 9.89. The van der Waals surface area contributed by atoms with Crippen LogP contribution in [-0.2, 0) is 0 Å². The molecule has 3 rings (SSSR count). The van der Waals surface area contributed by atoms with Crippen LogP contribution in [-0.4, -0.2) is 0 Å². The summed E-state index contributed by atoms with van der Waals surface area (Å²) in [6.07, 6.45) is 1.38. The van der Waals surface area contributed by atoms with E-state index in [0.29, 0.717) is 22.4 Å². The molecule has 0 aliphatic heterocycles. The highest BCUT2D eigenvalue weighted by Gasteiger charge is 2.09. The summed E-state index contributed by atoms with van der Waals surface area (Å²) in [6, 6.07) is 10.7. The number of anilines is 1. The number of hydrogen-bond donors (Lipinski definition) is 1. The Balaban J connectivity index is 2.28. The van der Waals surface area contributed by atoms with E-state index in [9.17, 15) is 9.18 Å². The number of nitrogens with two attached hydrogens (primary N) is 1. The van der Waals surface area contributed by atoms with Gasteiger partial charge in [0, 0.05) is 5.69 Å². The highest BCUT2D eigenvalue weighted by atomic mass is 19.1. The van der Waals surface area contributed by atoms with E-state index in [2.05, 4.69) is 0 Å². The van der Waals surface area contributed by atoms with Crippen molar-refractivity contribution in [2.45, 2.75) is 0 Å². The SMILES string of the molecule is Nc1ccc(-c2coc3ccc(F)cc3c2=O)cc1. The van der Waals surface area contributed by atoms with Gasteiger partial charge < -0.3 is 10.2 Å². The fraction of sp³-hybridized carbons (Fsp3) is 0.